The van der Waals surface area contributed by atoms with E-state index in [9.17, 15) is 0 Å². The lowest BCUT2D eigenvalue weighted by molar-refractivity contribution is 0.384. The standard InChI is InChI=1S/C9H14N2O2/c1-5-4-6(2)9(11-13)7(3)8(5)10-12/h4,10-13H,1-3H3. The first-order valence-electron chi connectivity index (χ1n) is 4.02. The molecule has 0 unspecified atom stereocenters. The Kier molecular flexibility index (Phi) is 2.75. The fourth-order valence-electron chi connectivity index (χ4n) is 1.53. The molecule has 0 radical (unpaired) electrons. The van der Waals surface area contributed by atoms with Gasteiger partial charge >= 0.3 is 0 Å². The Morgan fingerprint density at radius 2 is 1.31 bits per heavy atom. The van der Waals surface area contributed by atoms with Crippen LogP contribution in [-0.4, -0.2) is 10.4 Å². The molecule has 13 heavy (non-hydrogen) atoms. The highest BCUT2D eigenvalue weighted by molar-refractivity contribution is 5.70. The normalized spacial score (nSPS) is 9.92. The molecule has 4 heteroatoms. The van der Waals surface area contributed by atoms with Crippen LogP contribution in [0, 0.1) is 20.8 Å². The summed E-state index contributed by atoms with van der Waals surface area (Å²) in [5, 5.41) is 17.7. The Hall–Kier alpha value is -1.26. The number of nitrogens with one attached hydrogen (secondary N) is 2. The van der Waals surface area contributed by atoms with Gasteiger partial charge in [-0.2, -0.15) is 0 Å². The Morgan fingerprint density at radius 1 is 0.923 bits per heavy atom. The molecule has 1 rings (SSSR count). The zero-order valence-corrected chi connectivity index (χ0v) is 7.97. The van der Waals surface area contributed by atoms with E-state index in [1.54, 1.807) is 0 Å². The maximum absolute atomic E-state index is 8.85. The lowest BCUT2D eigenvalue weighted by Crippen LogP contribution is -2.02. The average molecular weight is 182 g/mol. The molecule has 72 valence electrons. The van der Waals surface area contributed by atoms with Crippen molar-refractivity contribution in [2.24, 2.45) is 0 Å². The Morgan fingerprint density at radius 3 is 1.62 bits per heavy atom. The highest BCUT2D eigenvalue weighted by Gasteiger charge is 2.09. The van der Waals surface area contributed by atoms with Crippen molar-refractivity contribution in [3.63, 3.8) is 0 Å². The number of hydrogen-bond donors (Lipinski definition) is 4. The molecule has 0 aromatic heterocycles. The van der Waals surface area contributed by atoms with Crippen LogP contribution in [0.2, 0.25) is 0 Å². The van der Waals surface area contributed by atoms with E-state index in [1.165, 1.54) is 0 Å². The van der Waals surface area contributed by atoms with Crippen LogP contribution in [0.3, 0.4) is 0 Å². The number of hydrogen-bond acceptors (Lipinski definition) is 4. The Balaban J connectivity index is 3.39. The van der Waals surface area contributed by atoms with E-state index in [1.807, 2.05) is 26.8 Å². The Bertz CT molecular complexity index is 296. The first-order valence-corrected chi connectivity index (χ1v) is 4.02. The number of anilines is 2. The van der Waals surface area contributed by atoms with Gasteiger partial charge in [0.05, 0.1) is 11.4 Å². The third-order valence-electron chi connectivity index (χ3n) is 2.20. The molecule has 0 spiro atoms. The van der Waals surface area contributed by atoms with Crippen LogP contribution in [0.25, 0.3) is 0 Å². The zero-order valence-electron chi connectivity index (χ0n) is 7.97. The third-order valence-corrected chi connectivity index (χ3v) is 2.20. The number of aryl methyl sites for hydroxylation is 2. The smallest absolute Gasteiger partial charge is 0.0682 e. The molecule has 4 nitrogen and oxygen atoms in total. The molecular formula is C9H14N2O2. The van der Waals surface area contributed by atoms with E-state index in [-0.39, 0.29) is 0 Å². The summed E-state index contributed by atoms with van der Waals surface area (Å²) in [7, 11) is 0. The molecule has 0 fully saturated rings. The van der Waals surface area contributed by atoms with Crippen LogP contribution < -0.4 is 11.0 Å². The highest BCUT2D eigenvalue weighted by Crippen LogP contribution is 2.29. The summed E-state index contributed by atoms with van der Waals surface area (Å²) in [6.45, 7) is 5.59. The summed E-state index contributed by atoms with van der Waals surface area (Å²) >= 11 is 0. The lowest BCUT2D eigenvalue weighted by Gasteiger charge is -2.14. The SMILES string of the molecule is Cc1cc(C)c(NO)c(C)c1NO. The fourth-order valence-corrected chi connectivity index (χ4v) is 1.53. The van der Waals surface area contributed by atoms with Gasteiger partial charge < -0.3 is 0 Å². The molecule has 0 atom stereocenters. The number of rotatable bonds is 2. The van der Waals surface area contributed by atoms with Crippen LogP contribution in [0.1, 0.15) is 16.7 Å². The van der Waals surface area contributed by atoms with Gasteiger partial charge in [-0.3, -0.25) is 21.4 Å². The van der Waals surface area contributed by atoms with Gasteiger partial charge in [-0.15, -0.1) is 0 Å². The monoisotopic (exact) mass is 182 g/mol. The molecule has 0 aliphatic carbocycles. The van der Waals surface area contributed by atoms with Gasteiger partial charge in [0.25, 0.3) is 0 Å². The van der Waals surface area contributed by atoms with Crippen molar-refractivity contribution in [1.29, 1.82) is 0 Å². The van der Waals surface area contributed by atoms with Crippen LogP contribution in [-0.2, 0) is 0 Å². The molecule has 0 aliphatic rings. The molecule has 0 bridgehead atoms. The second-order valence-corrected chi connectivity index (χ2v) is 3.11. The largest absolute Gasteiger partial charge is 0.291 e. The Labute approximate surface area is 77.1 Å². The maximum Gasteiger partial charge on any atom is 0.0682 e. The molecule has 1 aromatic rings. The van der Waals surface area contributed by atoms with Gasteiger partial charge in [-0.05, 0) is 31.9 Å². The van der Waals surface area contributed by atoms with Crippen molar-refractivity contribution in [2.75, 3.05) is 11.0 Å². The van der Waals surface area contributed by atoms with Crippen LogP contribution in [0.4, 0.5) is 11.4 Å². The quantitative estimate of drug-likeness (QED) is 0.529. The summed E-state index contributed by atoms with van der Waals surface area (Å²) in [5.74, 6) is 0. The highest BCUT2D eigenvalue weighted by atomic mass is 16.5. The summed E-state index contributed by atoms with van der Waals surface area (Å²) in [4.78, 5) is 0. The molecule has 0 saturated heterocycles. The third kappa shape index (κ3) is 1.59. The molecular weight excluding hydrogens is 168 g/mol. The topological polar surface area (TPSA) is 64.5 Å². The predicted octanol–water partition coefficient (Wildman–Crippen LogP) is 2.21. The van der Waals surface area contributed by atoms with Crippen LogP contribution in [0.5, 0.6) is 0 Å². The minimum atomic E-state index is 0.627. The summed E-state index contributed by atoms with van der Waals surface area (Å²) in [5.41, 5.74) is 8.16. The summed E-state index contributed by atoms with van der Waals surface area (Å²) in [6, 6.07) is 1.88. The predicted molar refractivity (Wildman–Crippen MR) is 51.5 cm³/mol. The molecule has 0 aliphatic heterocycles. The molecule has 0 saturated carbocycles. The zero-order chi connectivity index (χ0) is 10.0. The van der Waals surface area contributed by atoms with E-state index in [0.717, 1.165) is 16.7 Å². The van der Waals surface area contributed by atoms with E-state index >= 15 is 0 Å². The van der Waals surface area contributed by atoms with Gasteiger partial charge in [0.1, 0.15) is 0 Å². The average Bonchev–Trinajstić information content (AvgIpc) is 2.04. The van der Waals surface area contributed by atoms with Crippen molar-refractivity contribution in [2.45, 2.75) is 20.8 Å². The van der Waals surface area contributed by atoms with E-state index < -0.39 is 0 Å². The van der Waals surface area contributed by atoms with Crippen LogP contribution >= 0.6 is 0 Å². The van der Waals surface area contributed by atoms with Crippen LogP contribution in [0.15, 0.2) is 6.07 Å². The molecule has 1 aromatic carbocycles. The first kappa shape index (κ1) is 9.83. The maximum atomic E-state index is 8.85. The first-order chi connectivity index (χ1) is 6.11. The van der Waals surface area contributed by atoms with Gasteiger partial charge in [0.15, 0.2) is 0 Å². The molecule has 0 amide bonds. The number of benzene rings is 1. The van der Waals surface area contributed by atoms with Crippen molar-refractivity contribution >= 4 is 11.4 Å². The lowest BCUT2D eigenvalue weighted by atomic mass is 10.0. The van der Waals surface area contributed by atoms with Crippen molar-refractivity contribution < 1.29 is 10.4 Å². The minimum absolute atomic E-state index is 0.627. The van der Waals surface area contributed by atoms with E-state index in [4.69, 9.17) is 10.4 Å². The summed E-state index contributed by atoms with van der Waals surface area (Å²) < 4.78 is 0. The van der Waals surface area contributed by atoms with Gasteiger partial charge in [-0.25, -0.2) is 0 Å². The second kappa shape index (κ2) is 3.64. The molecule has 4 N–H and O–H groups in total. The fraction of sp³-hybridized carbons (Fsp3) is 0.333. The molecule has 0 heterocycles. The van der Waals surface area contributed by atoms with Crippen molar-refractivity contribution in [1.82, 2.24) is 0 Å². The summed E-state index contributed by atoms with van der Waals surface area (Å²) in [6.07, 6.45) is 0. The van der Waals surface area contributed by atoms with Gasteiger partial charge in [0.2, 0.25) is 0 Å². The van der Waals surface area contributed by atoms with Crippen molar-refractivity contribution in [3.8, 4) is 0 Å². The van der Waals surface area contributed by atoms with E-state index in [2.05, 4.69) is 11.0 Å². The van der Waals surface area contributed by atoms with E-state index in [0.29, 0.717) is 11.4 Å². The second-order valence-electron chi connectivity index (χ2n) is 3.11. The van der Waals surface area contributed by atoms with Gasteiger partial charge in [-0.1, -0.05) is 6.07 Å². The minimum Gasteiger partial charge on any atom is -0.291 e. The van der Waals surface area contributed by atoms with Gasteiger partial charge in [0, 0.05) is 5.56 Å². The van der Waals surface area contributed by atoms with Crippen molar-refractivity contribution in [3.05, 3.63) is 22.8 Å².